The highest BCUT2D eigenvalue weighted by molar-refractivity contribution is 5.94. The van der Waals surface area contributed by atoms with Gasteiger partial charge in [0.1, 0.15) is 0 Å². The number of benzene rings is 1. The number of aryl methyl sites for hydroxylation is 1. The molecular weight excluding hydrogens is 256 g/mol. The van der Waals surface area contributed by atoms with E-state index < -0.39 is 4.92 Å². The first kappa shape index (κ1) is 14.5. The summed E-state index contributed by atoms with van der Waals surface area (Å²) in [6, 6.07) is 4.72. The zero-order chi connectivity index (χ0) is 14.7. The number of nitrogens with one attached hydrogen (secondary N) is 1. The molecule has 0 aromatic heterocycles. The highest BCUT2D eigenvalue weighted by Gasteiger charge is 2.23. The summed E-state index contributed by atoms with van der Waals surface area (Å²) in [5, 5.41) is 13.8. The van der Waals surface area contributed by atoms with Gasteiger partial charge in [0.2, 0.25) is 0 Å². The third-order valence-electron chi connectivity index (χ3n) is 4.08. The third-order valence-corrected chi connectivity index (χ3v) is 4.08. The maximum absolute atomic E-state index is 12.2. The lowest BCUT2D eigenvalue weighted by Gasteiger charge is -2.29. The van der Waals surface area contributed by atoms with Crippen molar-refractivity contribution in [3.8, 4) is 0 Å². The van der Waals surface area contributed by atoms with Crippen molar-refractivity contribution < 1.29 is 9.72 Å². The fraction of sp³-hybridized carbons (Fsp3) is 0.533. The second-order valence-corrected chi connectivity index (χ2v) is 5.60. The quantitative estimate of drug-likeness (QED) is 0.680. The molecule has 1 aliphatic rings. The molecule has 108 valence electrons. The predicted octanol–water partition coefficient (Wildman–Crippen LogP) is 3.21. The molecule has 2 atom stereocenters. The van der Waals surface area contributed by atoms with E-state index in [0.717, 1.165) is 19.3 Å². The number of carbonyl (C=O) groups is 1. The van der Waals surface area contributed by atoms with Crippen LogP contribution in [0.4, 0.5) is 5.69 Å². The number of hydrogen-bond donors (Lipinski definition) is 1. The highest BCUT2D eigenvalue weighted by atomic mass is 16.6. The Kier molecular flexibility index (Phi) is 4.37. The van der Waals surface area contributed by atoms with E-state index in [1.807, 2.05) is 0 Å². The first-order valence-corrected chi connectivity index (χ1v) is 7.05. The second-order valence-electron chi connectivity index (χ2n) is 5.60. The van der Waals surface area contributed by atoms with Crippen LogP contribution in [0.1, 0.15) is 48.5 Å². The van der Waals surface area contributed by atoms with Gasteiger partial charge < -0.3 is 5.32 Å². The van der Waals surface area contributed by atoms with E-state index in [4.69, 9.17) is 0 Å². The summed E-state index contributed by atoms with van der Waals surface area (Å²) < 4.78 is 0. The first-order valence-electron chi connectivity index (χ1n) is 7.05. The van der Waals surface area contributed by atoms with E-state index in [-0.39, 0.29) is 17.6 Å². The Hall–Kier alpha value is -1.91. The number of nitro groups is 1. The Morgan fingerprint density at radius 2 is 2.05 bits per heavy atom. The summed E-state index contributed by atoms with van der Waals surface area (Å²) in [7, 11) is 0. The molecule has 1 saturated carbocycles. The van der Waals surface area contributed by atoms with Crippen LogP contribution in [0.5, 0.6) is 0 Å². The zero-order valence-electron chi connectivity index (χ0n) is 11.9. The lowest BCUT2D eigenvalue weighted by Crippen LogP contribution is -2.41. The summed E-state index contributed by atoms with van der Waals surface area (Å²) in [4.78, 5) is 22.5. The molecule has 1 amide bonds. The van der Waals surface area contributed by atoms with Crippen molar-refractivity contribution >= 4 is 11.6 Å². The van der Waals surface area contributed by atoms with Crippen molar-refractivity contribution in [1.82, 2.24) is 5.32 Å². The van der Waals surface area contributed by atoms with Gasteiger partial charge in [0.15, 0.2) is 0 Å². The molecule has 1 aromatic carbocycles. The summed E-state index contributed by atoms with van der Waals surface area (Å²) in [5.74, 6) is 0.355. The minimum absolute atomic E-state index is 0.0487. The number of hydrogen-bond acceptors (Lipinski definition) is 3. The van der Waals surface area contributed by atoms with E-state index in [1.54, 1.807) is 13.0 Å². The van der Waals surface area contributed by atoms with Crippen LogP contribution in [0.25, 0.3) is 0 Å². The topological polar surface area (TPSA) is 72.2 Å². The van der Waals surface area contributed by atoms with Gasteiger partial charge in [0.05, 0.1) is 4.92 Å². The average molecular weight is 276 g/mol. The maximum atomic E-state index is 12.2. The van der Waals surface area contributed by atoms with Crippen LogP contribution in [0.15, 0.2) is 18.2 Å². The van der Waals surface area contributed by atoms with Gasteiger partial charge in [-0.05, 0) is 37.8 Å². The number of carbonyl (C=O) groups excluding carboxylic acids is 1. The highest BCUT2D eigenvalue weighted by Crippen LogP contribution is 2.24. The fourth-order valence-electron chi connectivity index (χ4n) is 2.78. The Morgan fingerprint density at radius 3 is 2.65 bits per heavy atom. The van der Waals surface area contributed by atoms with Gasteiger partial charge in [-0.15, -0.1) is 0 Å². The van der Waals surface area contributed by atoms with Crippen molar-refractivity contribution in [2.75, 3.05) is 0 Å². The van der Waals surface area contributed by atoms with Crippen LogP contribution >= 0.6 is 0 Å². The maximum Gasteiger partial charge on any atom is 0.272 e. The van der Waals surface area contributed by atoms with Gasteiger partial charge in [0.25, 0.3) is 11.6 Å². The molecule has 2 rings (SSSR count). The van der Waals surface area contributed by atoms with Gasteiger partial charge in [-0.3, -0.25) is 14.9 Å². The van der Waals surface area contributed by atoms with Crippen LogP contribution in [0.3, 0.4) is 0 Å². The fourth-order valence-corrected chi connectivity index (χ4v) is 2.78. The van der Waals surface area contributed by atoms with E-state index in [2.05, 4.69) is 12.2 Å². The number of rotatable bonds is 3. The molecule has 0 saturated heterocycles. The molecule has 0 spiro atoms. The molecule has 0 unspecified atom stereocenters. The molecule has 5 nitrogen and oxygen atoms in total. The van der Waals surface area contributed by atoms with Crippen molar-refractivity contribution in [2.24, 2.45) is 5.92 Å². The summed E-state index contributed by atoms with van der Waals surface area (Å²) in [5.41, 5.74) is 1.05. The molecule has 5 heteroatoms. The first-order chi connectivity index (χ1) is 9.49. The van der Waals surface area contributed by atoms with Gasteiger partial charge in [-0.1, -0.05) is 19.8 Å². The third kappa shape index (κ3) is 3.15. The Morgan fingerprint density at radius 1 is 1.35 bits per heavy atom. The monoisotopic (exact) mass is 276 g/mol. The summed E-state index contributed by atoms with van der Waals surface area (Å²) >= 11 is 0. The van der Waals surface area contributed by atoms with Crippen LogP contribution in [0, 0.1) is 23.0 Å². The molecule has 0 aliphatic heterocycles. The van der Waals surface area contributed by atoms with E-state index in [1.165, 1.54) is 18.6 Å². The smallest absolute Gasteiger partial charge is 0.272 e. The van der Waals surface area contributed by atoms with Crippen LogP contribution in [-0.2, 0) is 0 Å². The van der Waals surface area contributed by atoms with Crippen LogP contribution < -0.4 is 5.32 Å². The van der Waals surface area contributed by atoms with Crippen molar-refractivity contribution in [3.63, 3.8) is 0 Å². The summed E-state index contributed by atoms with van der Waals surface area (Å²) in [6.45, 7) is 3.81. The predicted molar refractivity (Wildman–Crippen MR) is 76.7 cm³/mol. The molecular formula is C15H20N2O3. The lowest BCUT2D eigenvalue weighted by molar-refractivity contribution is -0.385. The van der Waals surface area contributed by atoms with Gasteiger partial charge >= 0.3 is 0 Å². The molecule has 0 bridgehead atoms. The largest absolute Gasteiger partial charge is 0.349 e. The Labute approximate surface area is 118 Å². The molecule has 1 N–H and O–H groups in total. The molecule has 1 aromatic rings. The van der Waals surface area contributed by atoms with Crippen molar-refractivity contribution in [3.05, 3.63) is 39.4 Å². The van der Waals surface area contributed by atoms with Gasteiger partial charge in [-0.2, -0.15) is 0 Å². The normalized spacial score (nSPS) is 22.3. The minimum Gasteiger partial charge on any atom is -0.349 e. The Bertz CT molecular complexity index is 528. The molecule has 20 heavy (non-hydrogen) atoms. The van der Waals surface area contributed by atoms with Crippen LogP contribution in [-0.4, -0.2) is 16.9 Å². The molecule has 0 radical (unpaired) electrons. The molecule has 0 heterocycles. The van der Waals surface area contributed by atoms with Crippen LogP contribution in [0.2, 0.25) is 0 Å². The van der Waals surface area contributed by atoms with E-state index in [0.29, 0.717) is 17.0 Å². The van der Waals surface area contributed by atoms with Gasteiger partial charge in [0, 0.05) is 23.2 Å². The summed E-state index contributed by atoms with van der Waals surface area (Å²) in [6.07, 6.45) is 4.53. The van der Waals surface area contributed by atoms with E-state index in [9.17, 15) is 14.9 Å². The minimum atomic E-state index is -0.430. The standard InChI is InChI=1S/C15H20N2O3/c1-10-5-3-4-6-13(10)16-15(18)12-7-8-14(17(19)20)11(2)9-12/h7-10,13H,3-6H2,1-2H3,(H,16,18)/t10-,13-/m1/s1. The van der Waals surface area contributed by atoms with Crippen molar-refractivity contribution in [2.45, 2.75) is 45.6 Å². The second kappa shape index (κ2) is 6.03. The van der Waals surface area contributed by atoms with Gasteiger partial charge in [-0.25, -0.2) is 0 Å². The molecule has 1 fully saturated rings. The lowest BCUT2D eigenvalue weighted by atomic mass is 9.86. The number of nitrogens with zero attached hydrogens (tertiary/aromatic N) is 1. The zero-order valence-corrected chi connectivity index (χ0v) is 11.9. The van der Waals surface area contributed by atoms with Crippen molar-refractivity contribution in [1.29, 1.82) is 0 Å². The van der Waals surface area contributed by atoms with E-state index >= 15 is 0 Å². The number of amides is 1. The SMILES string of the molecule is Cc1cc(C(=O)N[C@@H]2CCCC[C@H]2C)ccc1[N+](=O)[O-]. The number of nitro benzene ring substituents is 1. The average Bonchev–Trinajstić information content (AvgIpc) is 2.40. The molecule has 1 aliphatic carbocycles. The Balaban J connectivity index is 2.09.